The fraction of sp³-hybridized carbons (Fsp3) is 0.286. The summed E-state index contributed by atoms with van der Waals surface area (Å²) in [5, 5.41) is 5.45. The molecule has 1 heterocycles. The van der Waals surface area contributed by atoms with Gasteiger partial charge in [-0.2, -0.15) is 0 Å². The number of nitrogens with one attached hydrogen (secondary N) is 2. The summed E-state index contributed by atoms with van der Waals surface area (Å²) in [4.78, 5) is 37.3. The molecule has 0 saturated carbocycles. The highest BCUT2D eigenvalue weighted by atomic mass is 19.1. The summed E-state index contributed by atoms with van der Waals surface area (Å²) < 4.78 is 13.7. The Bertz CT molecular complexity index is 883. The van der Waals surface area contributed by atoms with Gasteiger partial charge in [-0.25, -0.2) is 4.39 Å². The number of nitrogens with zero attached hydrogens (tertiary/aromatic N) is 1. The van der Waals surface area contributed by atoms with E-state index in [-0.39, 0.29) is 30.0 Å². The molecule has 146 valence electrons. The molecule has 0 spiro atoms. The van der Waals surface area contributed by atoms with Crippen LogP contribution >= 0.6 is 0 Å². The van der Waals surface area contributed by atoms with Crippen molar-refractivity contribution in [2.75, 3.05) is 23.7 Å². The highest BCUT2D eigenvalue weighted by molar-refractivity contribution is 5.97. The summed E-state index contributed by atoms with van der Waals surface area (Å²) in [6, 6.07) is 13.3. The monoisotopic (exact) mass is 383 g/mol. The largest absolute Gasteiger partial charge is 0.342 e. The Kier molecular flexibility index (Phi) is 6.03. The summed E-state index contributed by atoms with van der Waals surface area (Å²) in [5.41, 5.74) is 1.79. The van der Waals surface area contributed by atoms with Gasteiger partial charge in [-0.05, 0) is 42.3 Å². The van der Waals surface area contributed by atoms with Crippen molar-refractivity contribution >= 4 is 29.1 Å². The Morgan fingerprint density at radius 3 is 2.36 bits per heavy atom. The lowest BCUT2D eigenvalue weighted by atomic mass is 10.1. The average molecular weight is 383 g/mol. The molecule has 1 saturated heterocycles. The molecule has 28 heavy (non-hydrogen) atoms. The maximum Gasteiger partial charge on any atom is 0.229 e. The smallest absolute Gasteiger partial charge is 0.229 e. The van der Waals surface area contributed by atoms with E-state index >= 15 is 0 Å². The van der Waals surface area contributed by atoms with Crippen molar-refractivity contribution in [2.24, 2.45) is 5.92 Å². The molecule has 7 heteroatoms. The quantitative estimate of drug-likeness (QED) is 0.805. The molecule has 0 aromatic heterocycles. The summed E-state index contributed by atoms with van der Waals surface area (Å²) in [7, 11) is 0. The lowest BCUT2D eigenvalue weighted by Gasteiger charge is -2.17. The summed E-state index contributed by atoms with van der Waals surface area (Å²) in [5.74, 6) is -1.22. The highest BCUT2D eigenvalue weighted by Gasteiger charge is 2.34. The van der Waals surface area contributed by atoms with E-state index in [9.17, 15) is 18.8 Å². The van der Waals surface area contributed by atoms with Crippen LogP contribution < -0.4 is 10.6 Å². The number of halogens is 1. The fourth-order valence-electron chi connectivity index (χ4n) is 3.20. The van der Waals surface area contributed by atoms with Crippen LogP contribution in [0.1, 0.15) is 18.9 Å². The van der Waals surface area contributed by atoms with E-state index in [0.29, 0.717) is 36.4 Å². The Balaban J connectivity index is 1.53. The van der Waals surface area contributed by atoms with Gasteiger partial charge in [-0.3, -0.25) is 14.4 Å². The third kappa shape index (κ3) is 4.94. The molecule has 3 rings (SSSR count). The first-order valence-electron chi connectivity index (χ1n) is 9.12. The predicted octanol–water partition coefficient (Wildman–Crippen LogP) is 2.81. The Morgan fingerprint density at radius 2 is 1.71 bits per heavy atom. The van der Waals surface area contributed by atoms with Gasteiger partial charge in [-0.1, -0.05) is 18.2 Å². The Hall–Kier alpha value is -3.22. The van der Waals surface area contributed by atoms with Crippen LogP contribution in [0.3, 0.4) is 0 Å². The van der Waals surface area contributed by atoms with Gasteiger partial charge >= 0.3 is 0 Å². The van der Waals surface area contributed by atoms with E-state index in [1.54, 1.807) is 47.4 Å². The van der Waals surface area contributed by atoms with E-state index in [1.807, 2.05) is 0 Å². The van der Waals surface area contributed by atoms with Gasteiger partial charge < -0.3 is 15.5 Å². The van der Waals surface area contributed by atoms with Gasteiger partial charge in [0.15, 0.2) is 0 Å². The van der Waals surface area contributed by atoms with Crippen molar-refractivity contribution in [3.8, 4) is 0 Å². The molecule has 1 fully saturated rings. The van der Waals surface area contributed by atoms with E-state index in [2.05, 4.69) is 10.6 Å². The van der Waals surface area contributed by atoms with Crippen molar-refractivity contribution in [1.82, 2.24) is 4.90 Å². The zero-order chi connectivity index (χ0) is 20.1. The lowest BCUT2D eigenvalue weighted by Crippen LogP contribution is -2.30. The molecule has 6 nitrogen and oxygen atoms in total. The van der Waals surface area contributed by atoms with E-state index < -0.39 is 5.92 Å². The van der Waals surface area contributed by atoms with Crippen LogP contribution in [0.5, 0.6) is 0 Å². The minimum absolute atomic E-state index is 0.0995. The first-order valence-corrected chi connectivity index (χ1v) is 9.12. The zero-order valence-electron chi connectivity index (χ0n) is 15.6. The fourth-order valence-corrected chi connectivity index (χ4v) is 3.20. The number of amides is 3. The predicted molar refractivity (Wildman–Crippen MR) is 104 cm³/mol. The number of hydrogen-bond acceptors (Lipinski definition) is 3. The van der Waals surface area contributed by atoms with E-state index in [1.165, 1.54) is 13.0 Å². The third-order valence-electron chi connectivity index (χ3n) is 4.67. The van der Waals surface area contributed by atoms with Crippen LogP contribution in [0.2, 0.25) is 0 Å². The van der Waals surface area contributed by atoms with Crippen LogP contribution in [0.15, 0.2) is 48.5 Å². The molecule has 2 aromatic rings. The molecular formula is C21H22FN3O3. The molecular weight excluding hydrogens is 361 g/mol. The number of likely N-dealkylation sites (tertiary alicyclic amines) is 1. The van der Waals surface area contributed by atoms with Crippen LogP contribution in [-0.4, -0.2) is 35.7 Å². The highest BCUT2D eigenvalue weighted by Crippen LogP contribution is 2.21. The standard InChI is InChI=1S/C21H22FN3O3/c1-14(26)23-17-6-8-18(9-7-17)24-21(28)16-12-20(27)25(13-16)11-10-15-4-2-3-5-19(15)22/h2-9,16H,10-13H2,1H3,(H,23,26)(H,24,28). The van der Waals surface area contributed by atoms with E-state index in [0.717, 1.165) is 0 Å². The van der Waals surface area contributed by atoms with Crippen LogP contribution in [0.4, 0.5) is 15.8 Å². The van der Waals surface area contributed by atoms with Crippen molar-refractivity contribution in [3.05, 3.63) is 59.9 Å². The molecule has 0 aliphatic carbocycles. The lowest BCUT2D eigenvalue weighted by molar-refractivity contribution is -0.128. The van der Waals surface area contributed by atoms with Gasteiger partial charge in [-0.15, -0.1) is 0 Å². The average Bonchev–Trinajstić information content (AvgIpc) is 3.03. The van der Waals surface area contributed by atoms with Crippen molar-refractivity contribution < 1.29 is 18.8 Å². The molecule has 1 aliphatic heterocycles. The molecule has 0 radical (unpaired) electrons. The molecule has 2 N–H and O–H groups in total. The summed E-state index contributed by atoms with van der Waals surface area (Å²) in [6.07, 6.45) is 0.560. The van der Waals surface area contributed by atoms with Crippen molar-refractivity contribution in [3.63, 3.8) is 0 Å². The number of carbonyl (C=O) groups is 3. The van der Waals surface area contributed by atoms with Gasteiger partial charge in [0.05, 0.1) is 5.92 Å². The second kappa shape index (κ2) is 8.65. The van der Waals surface area contributed by atoms with E-state index in [4.69, 9.17) is 0 Å². The number of rotatable bonds is 6. The second-order valence-corrected chi connectivity index (χ2v) is 6.83. The molecule has 1 aliphatic rings. The number of hydrogen-bond donors (Lipinski definition) is 2. The van der Waals surface area contributed by atoms with Gasteiger partial charge in [0.25, 0.3) is 0 Å². The Morgan fingerprint density at radius 1 is 1.07 bits per heavy atom. The maximum atomic E-state index is 13.7. The first kappa shape index (κ1) is 19.5. The third-order valence-corrected chi connectivity index (χ3v) is 4.67. The van der Waals surface area contributed by atoms with Gasteiger partial charge in [0, 0.05) is 37.8 Å². The zero-order valence-corrected chi connectivity index (χ0v) is 15.6. The summed E-state index contributed by atoms with van der Waals surface area (Å²) >= 11 is 0. The first-order chi connectivity index (χ1) is 13.4. The molecule has 3 amide bonds. The van der Waals surface area contributed by atoms with Gasteiger partial charge in [0.2, 0.25) is 17.7 Å². The normalized spacial score (nSPS) is 16.1. The van der Waals surface area contributed by atoms with Crippen LogP contribution in [0.25, 0.3) is 0 Å². The van der Waals surface area contributed by atoms with Crippen molar-refractivity contribution in [2.45, 2.75) is 19.8 Å². The topological polar surface area (TPSA) is 78.5 Å². The number of anilines is 2. The SMILES string of the molecule is CC(=O)Nc1ccc(NC(=O)C2CC(=O)N(CCc3ccccc3F)C2)cc1. The maximum absolute atomic E-state index is 13.7. The minimum atomic E-state index is -0.442. The van der Waals surface area contributed by atoms with Crippen LogP contribution in [0, 0.1) is 11.7 Å². The summed E-state index contributed by atoms with van der Waals surface area (Å²) in [6.45, 7) is 2.13. The molecule has 0 bridgehead atoms. The molecule has 1 atom stereocenters. The molecule has 2 aromatic carbocycles. The van der Waals surface area contributed by atoms with Crippen molar-refractivity contribution in [1.29, 1.82) is 0 Å². The van der Waals surface area contributed by atoms with Crippen LogP contribution in [-0.2, 0) is 20.8 Å². The number of carbonyl (C=O) groups excluding carboxylic acids is 3. The molecule has 1 unspecified atom stereocenters. The van der Waals surface area contributed by atoms with Gasteiger partial charge in [0.1, 0.15) is 5.82 Å². The second-order valence-electron chi connectivity index (χ2n) is 6.83. The Labute approximate surface area is 162 Å². The number of benzene rings is 2. The minimum Gasteiger partial charge on any atom is -0.342 e.